The van der Waals surface area contributed by atoms with Gasteiger partial charge in [0.15, 0.2) is 0 Å². The van der Waals surface area contributed by atoms with Crippen LogP contribution in [-0.2, 0) is 12.8 Å². The number of carbonyl (C=O) groups is 1. The van der Waals surface area contributed by atoms with Crippen molar-refractivity contribution in [2.75, 3.05) is 29.2 Å². The maximum Gasteiger partial charge on any atom is 0.387 e. The third-order valence-corrected chi connectivity index (χ3v) is 6.56. The Hall–Kier alpha value is -3.17. The van der Waals surface area contributed by atoms with E-state index in [1.807, 2.05) is 14.1 Å². The summed E-state index contributed by atoms with van der Waals surface area (Å²) in [4.78, 5) is 25.4. The highest BCUT2D eigenvalue weighted by atomic mass is 19.3. The standard InChI is InChI=1S/C24H32F2N6O2/c1-31(2)21-19-5-3-4-6-20(19)29-24(30-21)28-15-7-9-16(10-8-15)32(23(27)33)17-11-13-18(14-12-17)34-22(25)26/h11-16,22H,3-10H2,1-2H3,(H2,27,33)(H,28,29,30). The molecule has 34 heavy (non-hydrogen) atoms. The number of nitrogens with zero attached hydrogens (tertiary/aromatic N) is 4. The Balaban J connectivity index is 1.41. The molecule has 1 fully saturated rings. The lowest BCUT2D eigenvalue weighted by Gasteiger charge is -2.36. The van der Waals surface area contributed by atoms with Crippen molar-refractivity contribution in [2.24, 2.45) is 5.73 Å². The van der Waals surface area contributed by atoms with E-state index in [0.29, 0.717) is 11.6 Å². The number of hydrogen-bond acceptors (Lipinski definition) is 6. The highest BCUT2D eigenvalue weighted by molar-refractivity contribution is 5.91. The molecule has 4 rings (SSSR count). The molecule has 3 N–H and O–H groups in total. The van der Waals surface area contributed by atoms with Crippen molar-refractivity contribution in [2.45, 2.75) is 70.1 Å². The molecule has 1 saturated carbocycles. The quantitative estimate of drug-likeness (QED) is 0.620. The number of ether oxygens (including phenoxy) is 1. The van der Waals surface area contributed by atoms with E-state index < -0.39 is 12.6 Å². The highest BCUT2D eigenvalue weighted by Gasteiger charge is 2.30. The zero-order chi connectivity index (χ0) is 24.2. The van der Waals surface area contributed by atoms with Crippen molar-refractivity contribution in [3.05, 3.63) is 35.5 Å². The summed E-state index contributed by atoms with van der Waals surface area (Å²) in [5, 5.41) is 3.51. The van der Waals surface area contributed by atoms with Gasteiger partial charge in [-0.25, -0.2) is 9.78 Å². The van der Waals surface area contributed by atoms with Crippen LogP contribution < -0.4 is 25.6 Å². The molecule has 1 aromatic carbocycles. The van der Waals surface area contributed by atoms with Crippen LogP contribution in [-0.4, -0.2) is 48.8 Å². The number of alkyl halides is 2. The minimum atomic E-state index is -2.89. The highest BCUT2D eigenvalue weighted by Crippen LogP contribution is 2.32. The number of halogens is 2. The summed E-state index contributed by atoms with van der Waals surface area (Å²) in [6.07, 6.45) is 7.49. The molecule has 1 heterocycles. The monoisotopic (exact) mass is 474 g/mol. The van der Waals surface area contributed by atoms with Crippen LogP contribution in [0.3, 0.4) is 0 Å². The molecule has 2 aliphatic carbocycles. The molecule has 0 saturated heterocycles. The topological polar surface area (TPSA) is 96.6 Å². The number of nitrogens with one attached hydrogen (secondary N) is 1. The van der Waals surface area contributed by atoms with Crippen molar-refractivity contribution in [1.82, 2.24) is 9.97 Å². The normalized spacial score (nSPS) is 19.9. The van der Waals surface area contributed by atoms with Gasteiger partial charge in [0, 0.05) is 37.4 Å². The predicted octanol–water partition coefficient (Wildman–Crippen LogP) is 4.33. The molecule has 0 atom stereocenters. The summed E-state index contributed by atoms with van der Waals surface area (Å²) in [6.45, 7) is -2.89. The SMILES string of the molecule is CN(C)c1nc(NC2CCC(N(C(N)=O)c3ccc(OC(F)F)cc3)CC2)nc2c1CCCC2. The van der Waals surface area contributed by atoms with Gasteiger partial charge in [-0.15, -0.1) is 0 Å². The zero-order valence-corrected chi connectivity index (χ0v) is 19.6. The lowest BCUT2D eigenvalue weighted by molar-refractivity contribution is -0.0498. The first-order valence-corrected chi connectivity index (χ1v) is 11.8. The van der Waals surface area contributed by atoms with Crippen LogP contribution in [0.15, 0.2) is 24.3 Å². The molecule has 10 heteroatoms. The average Bonchev–Trinajstić information content (AvgIpc) is 2.80. The van der Waals surface area contributed by atoms with Gasteiger partial charge in [0.2, 0.25) is 5.95 Å². The second-order valence-electron chi connectivity index (χ2n) is 9.13. The van der Waals surface area contributed by atoms with E-state index in [9.17, 15) is 13.6 Å². The van der Waals surface area contributed by atoms with Crippen molar-refractivity contribution in [1.29, 1.82) is 0 Å². The van der Waals surface area contributed by atoms with Gasteiger partial charge in [0.05, 0.1) is 5.69 Å². The first-order chi connectivity index (χ1) is 16.3. The second kappa shape index (κ2) is 10.4. The molecule has 184 valence electrons. The molecule has 0 spiro atoms. The predicted molar refractivity (Wildman–Crippen MR) is 128 cm³/mol. The number of primary amides is 1. The van der Waals surface area contributed by atoms with Crippen LogP contribution in [0.2, 0.25) is 0 Å². The molecule has 1 aromatic heterocycles. The van der Waals surface area contributed by atoms with Gasteiger partial charge in [-0.1, -0.05) is 0 Å². The average molecular weight is 475 g/mol. The van der Waals surface area contributed by atoms with Crippen molar-refractivity contribution in [3.63, 3.8) is 0 Å². The van der Waals surface area contributed by atoms with Gasteiger partial charge in [0.25, 0.3) is 0 Å². The zero-order valence-electron chi connectivity index (χ0n) is 19.6. The largest absolute Gasteiger partial charge is 0.435 e. The molecule has 2 amide bonds. The molecule has 0 bridgehead atoms. The lowest BCUT2D eigenvalue weighted by atomic mass is 9.90. The van der Waals surface area contributed by atoms with E-state index in [-0.39, 0.29) is 17.8 Å². The number of rotatable bonds is 7. The number of carbonyl (C=O) groups excluding carboxylic acids is 1. The van der Waals surface area contributed by atoms with Gasteiger partial charge in [-0.2, -0.15) is 13.8 Å². The molecule has 0 aliphatic heterocycles. The number of amides is 2. The van der Waals surface area contributed by atoms with Gasteiger partial charge in [-0.3, -0.25) is 4.90 Å². The van der Waals surface area contributed by atoms with Crippen LogP contribution in [0.4, 0.5) is 31.0 Å². The number of nitrogens with two attached hydrogens (primary N) is 1. The second-order valence-corrected chi connectivity index (χ2v) is 9.13. The molecule has 2 aromatic rings. The summed E-state index contributed by atoms with van der Waals surface area (Å²) in [7, 11) is 4.02. The number of hydrogen-bond donors (Lipinski definition) is 2. The third-order valence-electron chi connectivity index (χ3n) is 6.56. The van der Waals surface area contributed by atoms with E-state index in [1.54, 1.807) is 17.0 Å². The summed E-state index contributed by atoms with van der Waals surface area (Å²) in [5.74, 6) is 1.69. The first kappa shape index (κ1) is 24.0. The molecule has 2 aliphatic rings. The lowest BCUT2D eigenvalue weighted by Crippen LogP contribution is -2.46. The number of benzene rings is 1. The molecule has 8 nitrogen and oxygen atoms in total. The van der Waals surface area contributed by atoms with Crippen molar-refractivity contribution < 1.29 is 18.3 Å². The molecule has 0 radical (unpaired) electrons. The minimum Gasteiger partial charge on any atom is -0.435 e. The van der Waals surface area contributed by atoms with Crippen LogP contribution in [0.25, 0.3) is 0 Å². The van der Waals surface area contributed by atoms with Gasteiger partial charge >= 0.3 is 12.6 Å². The number of urea groups is 1. The Labute approximate surface area is 198 Å². The summed E-state index contributed by atoms with van der Waals surface area (Å²) in [6, 6.07) is 5.56. The maximum absolute atomic E-state index is 12.4. The smallest absolute Gasteiger partial charge is 0.387 e. The van der Waals surface area contributed by atoms with Crippen LogP contribution in [0.5, 0.6) is 5.75 Å². The molecular weight excluding hydrogens is 442 g/mol. The number of anilines is 3. The number of aromatic nitrogens is 2. The van der Waals surface area contributed by atoms with Crippen LogP contribution in [0.1, 0.15) is 49.8 Å². The summed E-state index contributed by atoms with van der Waals surface area (Å²) in [5.41, 5.74) is 8.65. The van der Waals surface area contributed by atoms with E-state index in [4.69, 9.17) is 15.7 Å². The van der Waals surface area contributed by atoms with Crippen molar-refractivity contribution >= 4 is 23.5 Å². The van der Waals surface area contributed by atoms with Crippen LogP contribution >= 0.6 is 0 Å². The van der Waals surface area contributed by atoms with E-state index in [1.165, 1.54) is 24.1 Å². The molecule has 0 unspecified atom stereocenters. The Kier molecular flexibility index (Phi) is 7.33. The fourth-order valence-corrected chi connectivity index (χ4v) is 4.98. The van der Waals surface area contributed by atoms with Crippen molar-refractivity contribution in [3.8, 4) is 5.75 Å². The number of fused-ring (bicyclic) bond motifs is 1. The van der Waals surface area contributed by atoms with Gasteiger partial charge in [-0.05, 0) is 75.6 Å². The summed E-state index contributed by atoms with van der Waals surface area (Å²) < 4.78 is 29.2. The Morgan fingerprint density at radius 3 is 2.38 bits per heavy atom. The van der Waals surface area contributed by atoms with E-state index in [2.05, 4.69) is 15.0 Å². The fourth-order valence-electron chi connectivity index (χ4n) is 4.98. The van der Waals surface area contributed by atoms with E-state index >= 15 is 0 Å². The van der Waals surface area contributed by atoms with Gasteiger partial charge in [0.1, 0.15) is 11.6 Å². The Morgan fingerprint density at radius 2 is 1.76 bits per heavy atom. The maximum atomic E-state index is 12.4. The Bertz CT molecular complexity index is 994. The fraction of sp³-hybridized carbons (Fsp3) is 0.542. The molecular formula is C24H32F2N6O2. The third kappa shape index (κ3) is 5.48. The van der Waals surface area contributed by atoms with E-state index in [0.717, 1.165) is 56.5 Å². The van der Waals surface area contributed by atoms with Gasteiger partial charge < -0.3 is 20.7 Å². The van der Waals surface area contributed by atoms with Crippen LogP contribution in [0, 0.1) is 0 Å². The summed E-state index contributed by atoms with van der Waals surface area (Å²) >= 11 is 0. The Morgan fingerprint density at radius 1 is 1.09 bits per heavy atom. The first-order valence-electron chi connectivity index (χ1n) is 11.8. The number of aryl methyl sites for hydroxylation is 1. The minimum absolute atomic E-state index is 0.0400.